The first kappa shape index (κ1) is 18.0. The van der Waals surface area contributed by atoms with Crippen LogP contribution in [0.3, 0.4) is 0 Å². The first-order valence-corrected chi connectivity index (χ1v) is 8.28. The minimum atomic E-state index is -0.308. The minimum absolute atomic E-state index is 0.120. The van der Waals surface area contributed by atoms with Crippen LogP contribution in [0.25, 0.3) is 22.2 Å². The van der Waals surface area contributed by atoms with Gasteiger partial charge in [0.15, 0.2) is 5.65 Å². The highest BCUT2D eigenvalue weighted by atomic mass is 35.5. The molecule has 0 radical (unpaired) electrons. The number of hydrogen-bond donors (Lipinski definition) is 2. The molecule has 1 aromatic carbocycles. The number of anilines is 2. The molecule has 0 aliphatic rings. The van der Waals surface area contributed by atoms with Gasteiger partial charge < -0.3 is 5.32 Å². The number of amides is 2. The molecule has 7 nitrogen and oxygen atoms in total. The third-order valence-electron chi connectivity index (χ3n) is 3.38. The Bertz CT molecular complexity index is 1020. The number of carbonyl (C=O) groups is 2. The molecule has 3 aromatic rings. The average Bonchev–Trinajstić information content (AvgIpc) is 2.54. The lowest BCUT2D eigenvalue weighted by atomic mass is 10.0. The van der Waals surface area contributed by atoms with Crippen molar-refractivity contribution in [3.63, 3.8) is 0 Å². The number of fused-ring (bicyclic) bond motifs is 1. The van der Waals surface area contributed by atoms with E-state index in [9.17, 15) is 9.59 Å². The molecule has 2 heterocycles. The number of carbonyl (C=O) groups excluding carboxylic acids is 2. The zero-order chi connectivity index (χ0) is 18.8. The van der Waals surface area contributed by atoms with E-state index >= 15 is 0 Å². The van der Waals surface area contributed by atoms with Crippen molar-refractivity contribution in [2.75, 3.05) is 10.6 Å². The summed E-state index contributed by atoms with van der Waals surface area (Å²) in [5.74, 6) is -0.231. The lowest BCUT2D eigenvalue weighted by Crippen LogP contribution is -2.11. The molecule has 0 atom stereocenters. The molecule has 2 N–H and O–H groups in total. The molecule has 9 heteroatoms. The Morgan fingerprint density at radius 3 is 2.27 bits per heavy atom. The molecule has 0 unspecified atom stereocenters. The summed E-state index contributed by atoms with van der Waals surface area (Å²) >= 11 is 12.6. The zero-order valence-electron chi connectivity index (χ0n) is 13.8. The molecule has 0 aliphatic heterocycles. The topological polar surface area (TPSA) is 96.9 Å². The fraction of sp³-hybridized carbons (Fsp3) is 0.118. The third kappa shape index (κ3) is 3.74. The van der Waals surface area contributed by atoms with Crippen molar-refractivity contribution < 1.29 is 9.59 Å². The summed E-state index contributed by atoms with van der Waals surface area (Å²) in [5, 5.41) is 6.59. The predicted molar refractivity (Wildman–Crippen MR) is 101 cm³/mol. The molecule has 2 amide bonds. The van der Waals surface area contributed by atoms with Crippen molar-refractivity contribution >= 4 is 57.8 Å². The lowest BCUT2D eigenvalue weighted by molar-refractivity contribution is -0.115. The second-order valence-electron chi connectivity index (χ2n) is 5.45. The van der Waals surface area contributed by atoms with E-state index in [2.05, 4.69) is 25.6 Å². The quantitative estimate of drug-likeness (QED) is 0.707. The van der Waals surface area contributed by atoms with Crippen LogP contribution in [0.15, 0.2) is 30.5 Å². The SMILES string of the molecule is CC(=O)Nc1ncc2cc(-c3c(Cl)cccc3Cl)c(NC(C)=O)nc2n1. The molecule has 3 rings (SSSR count). The van der Waals surface area contributed by atoms with Crippen molar-refractivity contribution in [2.24, 2.45) is 0 Å². The molecule has 0 spiro atoms. The number of halogens is 2. The van der Waals surface area contributed by atoms with Gasteiger partial charge in [0.05, 0.1) is 10.0 Å². The smallest absolute Gasteiger partial charge is 0.231 e. The van der Waals surface area contributed by atoms with E-state index in [1.54, 1.807) is 24.3 Å². The van der Waals surface area contributed by atoms with Crippen LogP contribution in [0.4, 0.5) is 11.8 Å². The highest BCUT2D eigenvalue weighted by molar-refractivity contribution is 6.39. The maximum absolute atomic E-state index is 11.6. The van der Waals surface area contributed by atoms with E-state index in [4.69, 9.17) is 23.2 Å². The monoisotopic (exact) mass is 389 g/mol. The summed E-state index contributed by atoms with van der Waals surface area (Å²) in [6.07, 6.45) is 1.52. The Kier molecular flexibility index (Phi) is 5.01. The van der Waals surface area contributed by atoms with Crippen LogP contribution in [0.1, 0.15) is 13.8 Å². The van der Waals surface area contributed by atoms with Crippen LogP contribution >= 0.6 is 23.2 Å². The standard InChI is InChI=1S/C17H13Cl2N5O2/c1-8(25)21-16-11(14-12(18)4-3-5-13(14)19)6-10-7-20-17(22-9(2)26)24-15(10)23-16/h3-7H,1-2H3,(H2,20,21,22,23,24,25,26). The van der Waals surface area contributed by atoms with Gasteiger partial charge in [-0.25, -0.2) is 9.97 Å². The molecular weight excluding hydrogens is 377 g/mol. The third-order valence-corrected chi connectivity index (χ3v) is 4.01. The molecule has 0 fully saturated rings. The summed E-state index contributed by atoms with van der Waals surface area (Å²) in [6.45, 7) is 2.72. The minimum Gasteiger partial charge on any atom is -0.310 e. The Morgan fingerprint density at radius 1 is 1.00 bits per heavy atom. The average molecular weight is 390 g/mol. The Morgan fingerprint density at radius 2 is 1.65 bits per heavy atom. The van der Waals surface area contributed by atoms with Crippen LogP contribution in [-0.4, -0.2) is 26.8 Å². The van der Waals surface area contributed by atoms with Crippen LogP contribution < -0.4 is 10.6 Å². The summed E-state index contributed by atoms with van der Waals surface area (Å²) in [5.41, 5.74) is 1.39. The second-order valence-corrected chi connectivity index (χ2v) is 6.26. The molecule has 0 bridgehead atoms. The summed E-state index contributed by atoms with van der Waals surface area (Å²) in [7, 11) is 0. The van der Waals surface area contributed by atoms with Gasteiger partial charge in [0.25, 0.3) is 0 Å². The fourth-order valence-electron chi connectivity index (χ4n) is 2.39. The van der Waals surface area contributed by atoms with Crippen LogP contribution in [0.2, 0.25) is 10.0 Å². The molecule has 2 aromatic heterocycles. The first-order chi connectivity index (χ1) is 12.3. The van der Waals surface area contributed by atoms with Crippen molar-refractivity contribution in [3.8, 4) is 11.1 Å². The predicted octanol–water partition coefficient (Wildman–Crippen LogP) is 3.92. The number of rotatable bonds is 3. The normalized spacial score (nSPS) is 10.6. The van der Waals surface area contributed by atoms with E-state index in [0.29, 0.717) is 32.2 Å². The first-order valence-electron chi connectivity index (χ1n) is 7.52. The van der Waals surface area contributed by atoms with Crippen molar-refractivity contribution in [1.29, 1.82) is 0 Å². The van der Waals surface area contributed by atoms with Gasteiger partial charge >= 0.3 is 0 Å². The van der Waals surface area contributed by atoms with Gasteiger partial charge in [-0.3, -0.25) is 14.9 Å². The summed E-state index contributed by atoms with van der Waals surface area (Å²) in [4.78, 5) is 35.4. The van der Waals surface area contributed by atoms with Gasteiger partial charge in [-0.2, -0.15) is 4.98 Å². The number of benzene rings is 1. The Hall–Kier alpha value is -2.77. The Labute approximate surface area is 158 Å². The van der Waals surface area contributed by atoms with Crippen molar-refractivity contribution in [3.05, 3.63) is 40.5 Å². The largest absolute Gasteiger partial charge is 0.310 e. The number of aromatic nitrogens is 3. The molecule has 0 saturated heterocycles. The van der Waals surface area contributed by atoms with Gasteiger partial charge in [-0.15, -0.1) is 0 Å². The maximum atomic E-state index is 11.6. The molecular formula is C17H13Cl2N5O2. The maximum Gasteiger partial charge on any atom is 0.231 e. The van der Waals surface area contributed by atoms with Gasteiger partial charge in [0, 0.05) is 36.6 Å². The number of nitrogens with zero attached hydrogens (tertiary/aromatic N) is 3. The van der Waals surface area contributed by atoms with E-state index in [-0.39, 0.29) is 23.6 Å². The highest BCUT2D eigenvalue weighted by Crippen LogP contribution is 2.39. The second kappa shape index (κ2) is 7.23. The van der Waals surface area contributed by atoms with Crippen molar-refractivity contribution in [1.82, 2.24) is 15.0 Å². The van der Waals surface area contributed by atoms with Crippen LogP contribution in [-0.2, 0) is 9.59 Å². The van der Waals surface area contributed by atoms with E-state index in [1.807, 2.05) is 0 Å². The fourth-order valence-corrected chi connectivity index (χ4v) is 2.99. The van der Waals surface area contributed by atoms with E-state index < -0.39 is 0 Å². The Balaban J connectivity index is 2.24. The molecule has 0 aliphatic carbocycles. The number of pyridine rings is 1. The van der Waals surface area contributed by atoms with E-state index in [0.717, 1.165) is 0 Å². The lowest BCUT2D eigenvalue weighted by Gasteiger charge is -2.13. The summed E-state index contributed by atoms with van der Waals surface area (Å²) in [6, 6.07) is 6.85. The number of nitrogens with one attached hydrogen (secondary N) is 2. The van der Waals surface area contributed by atoms with Gasteiger partial charge in [0.1, 0.15) is 5.82 Å². The zero-order valence-corrected chi connectivity index (χ0v) is 15.3. The van der Waals surface area contributed by atoms with Gasteiger partial charge in [-0.1, -0.05) is 29.3 Å². The van der Waals surface area contributed by atoms with Crippen LogP contribution in [0, 0.1) is 0 Å². The molecule has 26 heavy (non-hydrogen) atoms. The van der Waals surface area contributed by atoms with Crippen LogP contribution in [0.5, 0.6) is 0 Å². The number of hydrogen-bond acceptors (Lipinski definition) is 5. The van der Waals surface area contributed by atoms with E-state index in [1.165, 1.54) is 20.0 Å². The van der Waals surface area contributed by atoms with Crippen molar-refractivity contribution in [2.45, 2.75) is 13.8 Å². The van der Waals surface area contributed by atoms with Gasteiger partial charge in [0.2, 0.25) is 17.8 Å². The molecule has 0 saturated carbocycles. The molecule has 132 valence electrons. The summed E-state index contributed by atoms with van der Waals surface area (Å²) < 4.78 is 0. The highest BCUT2D eigenvalue weighted by Gasteiger charge is 2.17. The van der Waals surface area contributed by atoms with Gasteiger partial charge in [-0.05, 0) is 18.2 Å².